The average molecular weight is 232 g/mol. The Morgan fingerprint density at radius 2 is 2.00 bits per heavy atom. The number of unbranched alkanes of at least 4 members (excludes halogenated alkanes) is 2. The van der Waals surface area contributed by atoms with Crippen molar-refractivity contribution in [2.75, 3.05) is 13.7 Å². The molecule has 0 aliphatic carbocycles. The summed E-state index contributed by atoms with van der Waals surface area (Å²) in [6.45, 7) is 2.49. The van der Waals surface area contributed by atoms with Crippen molar-refractivity contribution >= 4 is 0 Å². The molecule has 0 aliphatic rings. The topological polar surface area (TPSA) is 45.0 Å². The van der Waals surface area contributed by atoms with Crippen molar-refractivity contribution in [2.24, 2.45) is 0 Å². The largest absolute Gasteiger partial charge is 0.380 e. The Kier molecular flexibility index (Phi) is 7.04. The minimum absolute atomic E-state index is 0.655. The van der Waals surface area contributed by atoms with Gasteiger partial charge in [-0.05, 0) is 30.5 Å². The van der Waals surface area contributed by atoms with Gasteiger partial charge < -0.3 is 10.1 Å². The highest BCUT2D eigenvalue weighted by Crippen LogP contribution is 2.09. The molecule has 0 amide bonds. The number of nitrogens with one attached hydrogen (secondary N) is 1. The van der Waals surface area contributed by atoms with Gasteiger partial charge in [-0.15, -0.1) is 0 Å². The van der Waals surface area contributed by atoms with Gasteiger partial charge >= 0.3 is 0 Å². The van der Waals surface area contributed by atoms with E-state index in [0.29, 0.717) is 13.0 Å². The number of nitriles is 1. The minimum atomic E-state index is 0.655. The highest BCUT2D eigenvalue weighted by atomic mass is 16.5. The number of ether oxygens (including phenoxy) is 1. The number of methoxy groups -OCH3 is 1. The van der Waals surface area contributed by atoms with Gasteiger partial charge in [0.25, 0.3) is 0 Å². The van der Waals surface area contributed by atoms with Crippen LogP contribution < -0.4 is 5.32 Å². The summed E-state index contributed by atoms with van der Waals surface area (Å²) in [5.41, 5.74) is 2.52. The molecule has 0 saturated carbocycles. The van der Waals surface area contributed by atoms with Crippen LogP contribution in [0.25, 0.3) is 0 Å². The first-order chi connectivity index (χ1) is 8.38. The molecule has 92 valence electrons. The van der Waals surface area contributed by atoms with Gasteiger partial charge in [0, 0.05) is 20.1 Å². The molecule has 0 heterocycles. The fourth-order valence-corrected chi connectivity index (χ4v) is 1.70. The van der Waals surface area contributed by atoms with Crippen molar-refractivity contribution in [3.05, 3.63) is 35.4 Å². The maximum Gasteiger partial charge on any atom is 0.0716 e. The normalized spacial score (nSPS) is 10.1. The summed E-state index contributed by atoms with van der Waals surface area (Å²) in [6, 6.07) is 10.5. The quantitative estimate of drug-likeness (QED) is 0.701. The van der Waals surface area contributed by atoms with E-state index in [0.717, 1.165) is 25.9 Å². The predicted octanol–water partition coefficient (Wildman–Crippen LogP) is 2.62. The van der Waals surface area contributed by atoms with E-state index >= 15 is 0 Å². The zero-order chi connectivity index (χ0) is 12.3. The molecular formula is C14H20N2O. The van der Waals surface area contributed by atoms with E-state index in [1.165, 1.54) is 11.1 Å². The number of rotatable bonds is 8. The van der Waals surface area contributed by atoms with Gasteiger partial charge in [-0.2, -0.15) is 5.26 Å². The van der Waals surface area contributed by atoms with Crippen molar-refractivity contribution in [1.29, 1.82) is 5.26 Å². The summed E-state index contributed by atoms with van der Waals surface area (Å²) in [4.78, 5) is 0. The van der Waals surface area contributed by atoms with E-state index in [-0.39, 0.29) is 0 Å². The summed E-state index contributed by atoms with van der Waals surface area (Å²) < 4.78 is 5.16. The first kappa shape index (κ1) is 13.7. The third-order valence-corrected chi connectivity index (χ3v) is 2.63. The Morgan fingerprint density at radius 3 is 2.71 bits per heavy atom. The zero-order valence-electron chi connectivity index (χ0n) is 10.4. The lowest BCUT2D eigenvalue weighted by Gasteiger charge is -2.09. The second kappa shape index (κ2) is 8.74. The summed E-state index contributed by atoms with van der Waals surface area (Å²) in [7, 11) is 1.71. The van der Waals surface area contributed by atoms with E-state index in [4.69, 9.17) is 10.00 Å². The standard InChI is InChI=1S/C14H20N2O/c1-17-12-14-8-4-3-7-13(14)11-16-10-6-2-5-9-15/h3-4,7-8,16H,2,5-6,10-12H2,1H3. The molecule has 0 atom stereocenters. The smallest absolute Gasteiger partial charge is 0.0716 e. The van der Waals surface area contributed by atoms with Gasteiger partial charge in [-0.1, -0.05) is 24.3 Å². The molecule has 1 rings (SSSR count). The Balaban J connectivity index is 2.28. The van der Waals surface area contributed by atoms with Gasteiger partial charge in [0.15, 0.2) is 0 Å². The Labute approximate surface area is 103 Å². The summed E-state index contributed by atoms with van der Waals surface area (Å²) >= 11 is 0. The van der Waals surface area contributed by atoms with Crippen LogP contribution in [0.1, 0.15) is 30.4 Å². The number of hydrogen-bond acceptors (Lipinski definition) is 3. The Hall–Kier alpha value is -1.37. The predicted molar refractivity (Wildman–Crippen MR) is 68.3 cm³/mol. The van der Waals surface area contributed by atoms with Crippen molar-refractivity contribution in [3.8, 4) is 6.07 Å². The lowest BCUT2D eigenvalue weighted by molar-refractivity contribution is 0.184. The molecule has 0 spiro atoms. The van der Waals surface area contributed by atoms with Gasteiger partial charge in [0.1, 0.15) is 0 Å². The van der Waals surface area contributed by atoms with Crippen LogP contribution in [0.5, 0.6) is 0 Å². The minimum Gasteiger partial charge on any atom is -0.380 e. The van der Waals surface area contributed by atoms with Crippen LogP contribution in [0.3, 0.4) is 0 Å². The maximum absolute atomic E-state index is 8.41. The lowest BCUT2D eigenvalue weighted by atomic mass is 10.1. The van der Waals surface area contributed by atoms with Crippen LogP contribution in [0.2, 0.25) is 0 Å². The van der Waals surface area contributed by atoms with E-state index in [9.17, 15) is 0 Å². The van der Waals surface area contributed by atoms with Gasteiger partial charge in [0.2, 0.25) is 0 Å². The van der Waals surface area contributed by atoms with E-state index in [2.05, 4.69) is 23.5 Å². The van der Waals surface area contributed by atoms with Gasteiger partial charge in [-0.25, -0.2) is 0 Å². The second-order valence-corrected chi connectivity index (χ2v) is 3.99. The molecular weight excluding hydrogens is 212 g/mol. The molecule has 3 nitrogen and oxygen atoms in total. The molecule has 0 unspecified atom stereocenters. The lowest BCUT2D eigenvalue weighted by Crippen LogP contribution is -2.15. The van der Waals surface area contributed by atoms with Gasteiger partial charge in [-0.3, -0.25) is 0 Å². The van der Waals surface area contributed by atoms with Crippen LogP contribution in [0.4, 0.5) is 0 Å². The SMILES string of the molecule is COCc1ccccc1CNCCCCC#N. The Bertz CT molecular complexity index is 357. The third kappa shape index (κ3) is 5.48. The highest BCUT2D eigenvalue weighted by molar-refractivity contribution is 5.26. The van der Waals surface area contributed by atoms with Crippen molar-refractivity contribution in [2.45, 2.75) is 32.4 Å². The summed E-state index contributed by atoms with van der Waals surface area (Å²) in [6.07, 6.45) is 2.69. The summed E-state index contributed by atoms with van der Waals surface area (Å²) in [5.74, 6) is 0. The van der Waals surface area contributed by atoms with Gasteiger partial charge in [0.05, 0.1) is 12.7 Å². The van der Waals surface area contributed by atoms with E-state index in [1.807, 2.05) is 12.1 Å². The monoisotopic (exact) mass is 232 g/mol. The van der Waals surface area contributed by atoms with E-state index in [1.54, 1.807) is 7.11 Å². The van der Waals surface area contributed by atoms with Crippen molar-refractivity contribution in [1.82, 2.24) is 5.32 Å². The maximum atomic E-state index is 8.41. The van der Waals surface area contributed by atoms with Crippen molar-refractivity contribution in [3.63, 3.8) is 0 Å². The number of hydrogen-bond donors (Lipinski definition) is 1. The second-order valence-electron chi connectivity index (χ2n) is 3.99. The van der Waals surface area contributed by atoms with Crippen LogP contribution in [-0.2, 0) is 17.9 Å². The number of nitrogens with zero attached hydrogens (tertiary/aromatic N) is 1. The molecule has 0 fully saturated rings. The third-order valence-electron chi connectivity index (χ3n) is 2.63. The van der Waals surface area contributed by atoms with Crippen LogP contribution in [0.15, 0.2) is 24.3 Å². The first-order valence-corrected chi connectivity index (χ1v) is 6.02. The molecule has 1 N–H and O–H groups in total. The molecule has 0 saturated heterocycles. The molecule has 1 aromatic carbocycles. The molecule has 0 bridgehead atoms. The molecule has 1 aromatic rings. The molecule has 0 radical (unpaired) electrons. The van der Waals surface area contributed by atoms with Crippen LogP contribution in [0, 0.1) is 11.3 Å². The highest BCUT2D eigenvalue weighted by Gasteiger charge is 2.00. The van der Waals surface area contributed by atoms with Crippen LogP contribution in [-0.4, -0.2) is 13.7 Å². The molecule has 0 aliphatic heterocycles. The summed E-state index contributed by atoms with van der Waals surface area (Å²) in [5, 5.41) is 11.8. The average Bonchev–Trinajstić information content (AvgIpc) is 2.36. The first-order valence-electron chi connectivity index (χ1n) is 6.02. The molecule has 17 heavy (non-hydrogen) atoms. The van der Waals surface area contributed by atoms with Crippen LogP contribution >= 0.6 is 0 Å². The van der Waals surface area contributed by atoms with Crippen molar-refractivity contribution < 1.29 is 4.74 Å². The number of benzene rings is 1. The Morgan fingerprint density at radius 1 is 1.24 bits per heavy atom. The zero-order valence-corrected chi connectivity index (χ0v) is 10.4. The fourth-order valence-electron chi connectivity index (χ4n) is 1.70. The molecule has 3 heteroatoms. The van der Waals surface area contributed by atoms with E-state index < -0.39 is 0 Å². The molecule has 0 aromatic heterocycles. The fraction of sp³-hybridized carbons (Fsp3) is 0.500.